The molecule has 5 heteroatoms. The van der Waals surface area contributed by atoms with E-state index in [0.717, 1.165) is 43.9 Å². The van der Waals surface area contributed by atoms with Crippen molar-refractivity contribution in [2.45, 2.75) is 38.1 Å². The quantitative estimate of drug-likeness (QED) is 0.875. The second kappa shape index (κ2) is 5.30. The van der Waals surface area contributed by atoms with Gasteiger partial charge in [0.1, 0.15) is 11.6 Å². The number of nitrogens with zero attached hydrogens (tertiary/aromatic N) is 3. The van der Waals surface area contributed by atoms with Gasteiger partial charge in [-0.25, -0.2) is 4.98 Å². The fourth-order valence-corrected chi connectivity index (χ4v) is 3.67. The highest BCUT2D eigenvalue weighted by Crippen LogP contribution is 2.49. The first-order valence-electron chi connectivity index (χ1n) is 8.05. The summed E-state index contributed by atoms with van der Waals surface area (Å²) in [5.41, 5.74) is 0. The second-order valence-electron chi connectivity index (χ2n) is 6.43. The maximum absolute atomic E-state index is 12.7. The van der Waals surface area contributed by atoms with Crippen molar-refractivity contribution in [2.75, 3.05) is 13.1 Å². The number of hydrogen-bond donors (Lipinski definition) is 0. The zero-order valence-electron chi connectivity index (χ0n) is 12.8. The molecular weight excluding hydrogens is 278 g/mol. The predicted octanol–water partition coefficient (Wildman–Crippen LogP) is 2.75. The molecule has 116 valence electrons. The van der Waals surface area contributed by atoms with Crippen molar-refractivity contribution in [1.82, 2.24) is 14.5 Å². The van der Waals surface area contributed by atoms with E-state index in [9.17, 15) is 4.79 Å². The van der Waals surface area contributed by atoms with Gasteiger partial charge < -0.3 is 13.9 Å². The molecule has 1 aliphatic heterocycles. The summed E-state index contributed by atoms with van der Waals surface area (Å²) in [4.78, 5) is 19.1. The number of rotatable bonds is 3. The van der Waals surface area contributed by atoms with Gasteiger partial charge in [0.05, 0.1) is 12.3 Å². The Morgan fingerprint density at radius 3 is 3.09 bits per heavy atom. The van der Waals surface area contributed by atoms with Crippen molar-refractivity contribution in [3.63, 3.8) is 0 Å². The van der Waals surface area contributed by atoms with Crippen molar-refractivity contribution in [3.05, 3.63) is 42.4 Å². The van der Waals surface area contributed by atoms with E-state index in [1.54, 1.807) is 6.26 Å². The number of likely N-dealkylation sites (tertiary alicyclic amines) is 1. The van der Waals surface area contributed by atoms with Gasteiger partial charge in [0.15, 0.2) is 0 Å². The number of aryl methyl sites for hydroxylation is 1. The van der Waals surface area contributed by atoms with Crippen LogP contribution in [0.1, 0.15) is 42.8 Å². The fourth-order valence-electron chi connectivity index (χ4n) is 3.67. The Balaban J connectivity index is 1.43. The maximum Gasteiger partial charge on any atom is 0.226 e. The molecule has 0 bridgehead atoms. The number of carbonyl (C=O) groups excluding carboxylic acids is 1. The number of imidazole rings is 1. The van der Waals surface area contributed by atoms with E-state index in [1.165, 1.54) is 0 Å². The Bertz CT molecular complexity index is 661. The van der Waals surface area contributed by atoms with Gasteiger partial charge in [-0.15, -0.1) is 0 Å². The first kappa shape index (κ1) is 13.6. The molecule has 2 aliphatic rings. The highest BCUT2D eigenvalue weighted by atomic mass is 16.3. The summed E-state index contributed by atoms with van der Waals surface area (Å²) < 4.78 is 7.64. The number of carbonyl (C=O) groups is 1. The average molecular weight is 299 g/mol. The van der Waals surface area contributed by atoms with Gasteiger partial charge in [0.2, 0.25) is 5.91 Å². The monoisotopic (exact) mass is 299 g/mol. The first-order chi connectivity index (χ1) is 10.7. The number of amides is 1. The molecule has 0 radical (unpaired) electrons. The van der Waals surface area contributed by atoms with Gasteiger partial charge in [0.25, 0.3) is 0 Å². The van der Waals surface area contributed by atoms with Crippen LogP contribution in [0.2, 0.25) is 0 Å². The molecular formula is C17H21N3O2. The van der Waals surface area contributed by atoms with Gasteiger partial charge in [-0.2, -0.15) is 0 Å². The van der Waals surface area contributed by atoms with Gasteiger partial charge >= 0.3 is 0 Å². The third kappa shape index (κ3) is 2.34. The van der Waals surface area contributed by atoms with E-state index in [0.29, 0.717) is 11.9 Å². The molecule has 1 amide bonds. The van der Waals surface area contributed by atoms with Crippen molar-refractivity contribution < 1.29 is 9.21 Å². The molecule has 0 unspecified atom stereocenters. The average Bonchev–Trinajstić information content (AvgIpc) is 2.95. The second-order valence-corrected chi connectivity index (χ2v) is 6.43. The Labute approximate surface area is 129 Å². The molecule has 2 fully saturated rings. The lowest BCUT2D eigenvalue weighted by Gasteiger charge is -2.34. The van der Waals surface area contributed by atoms with Crippen LogP contribution in [0.3, 0.4) is 0 Å². The number of furan rings is 1. The number of piperidine rings is 1. The van der Waals surface area contributed by atoms with Crippen molar-refractivity contribution in [2.24, 2.45) is 5.92 Å². The molecule has 3 atom stereocenters. The van der Waals surface area contributed by atoms with Gasteiger partial charge in [-0.1, -0.05) is 0 Å². The van der Waals surface area contributed by atoms with Gasteiger partial charge in [-0.3, -0.25) is 4.79 Å². The molecule has 1 saturated heterocycles. The summed E-state index contributed by atoms with van der Waals surface area (Å²) in [6.07, 6.45) is 8.66. The molecule has 1 aliphatic carbocycles. The first-order valence-corrected chi connectivity index (χ1v) is 8.05. The summed E-state index contributed by atoms with van der Waals surface area (Å²) >= 11 is 0. The van der Waals surface area contributed by atoms with E-state index < -0.39 is 0 Å². The van der Waals surface area contributed by atoms with Gasteiger partial charge in [-0.05, 0) is 38.3 Å². The van der Waals surface area contributed by atoms with Crippen molar-refractivity contribution in [3.8, 4) is 0 Å². The van der Waals surface area contributed by atoms with E-state index in [4.69, 9.17) is 4.42 Å². The van der Waals surface area contributed by atoms with E-state index in [-0.39, 0.29) is 11.8 Å². The summed E-state index contributed by atoms with van der Waals surface area (Å²) in [6, 6.07) is 4.24. The molecule has 0 N–H and O–H groups in total. The minimum atomic E-state index is 0.119. The molecule has 1 saturated carbocycles. The normalized spacial score (nSPS) is 27.9. The van der Waals surface area contributed by atoms with Crippen molar-refractivity contribution in [1.29, 1.82) is 0 Å². The topological polar surface area (TPSA) is 51.3 Å². The molecule has 3 heterocycles. The molecule has 5 nitrogen and oxygen atoms in total. The third-order valence-corrected chi connectivity index (χ3v) is 4.98. The van der Waals surface area contributed by atoms with E-state index >= 15 is 0 Å². The summed E-state index contributed by atoms with van der Waals surface area (Å²) in [6.45, 7) is 3.70. The molecule has 22 heavy (non-hydrogen) atoms. The molecule has 0 spiro atoms. The van der Waals surface area contributed by atoms with Crippen LogP contribution in [0.5, 0.6) is 0 Å². The summed E-state index contributed by atoms with van der Waals surface area (Å²) in [5, 5.41) is 0. The highest BCUT2D eigenvalue weighted by molar-refractivity contribution is 5.83. The smallest absolute Gasteiger partial charge is 0.226 e. The Morgan fingerprint density at radius 1 is 1.45 bits per heavy atom. The lowest BCUT2D eigenvalue weighted by molar-refractivity contribution is -0.134. The minimum Gasteiger partial charge on any atom is -0.469 e. The standard InChI is InChI=1S/C17H21N3O2/c1-12-18-6-8-20(12)13-4-2-7-19(11-13)17(21)15-10-14(15)16-5-3-9-22-16/h3,5-6,8-9,13-15H,2,4,7,10-11H2,1H3/t13-,14+,15+/m1/s1. The fraction of sp³-hybridized carbons (Fsp3) is 0.529. The largest absolute Gasteiger partial charge is 0.469 e. The van der Waals surface area contributed by atoms with Crippen LogP contribution in [0.15, 0.2) is 35.2 Å². The van der Waals surface area contributed by atoms with Crippen LogP contribution in [0, 0.1) is 12.8 Å². The molecule has 2 aromatic rings. The zero-order valence-corrected chi connectivity index (χ0v) is 12.8. The van der Waals surface area contributed by atoms with E-state index in [2.05, 4.69) is 9.55 Å². The third-order valence-electron chi connectivity index (χ3n) is 4.98. The summed E-state index contributed by atoms with van der Waals surface area (Å²) in [7, 11) is 0. The summed E-state index contributed by atoms with van der Waals surface area (Å²) in [5.74, 6) is 2.69. The Morgan fingerprint density at radius 2 is 2.36 bits per heavy atom. The Hall–Kier alpha value is -2.04. The Kier molecular flexibility index (Phi) is 3.28. The minimum absolute atomic E-state index is 0.119. The maximum atomic E-state index is 12.7. The van der Waals surface area contributed by atoms with Crippen LogP contribution >= 0.6 is 0 Å². The van der Waals surface area contributed by atoms with Crippen molar-refractivity contribution >= 4 is 5.91 Å². The predicted molar refractivity (Wildman–Crippen MR) is 81.4 cm³/mol. The van der Waals surface area contributed by atoms with Crippen LogP contribution in [0.4, 0.5) is 0 Å². The number of aromatic nitrogens is 2. The number of hydrogen-bond acceptors (Lipinski definition) is 3. The van der Waals surface area contributed by atoms with Gasteiger partial charge in [0, 0.05) is 37.3 Å². The SMILES string of the molecule is Cc1nccn1[C@@H]1CCCN(C(=O)[C@H]2C[C@@H]2c2ccco2)C1. The lowest BCUT2D eigenvalue weighted by Crippen LogP contribution is -2.41. The highest BCUT2D eigenvalue weighted by Gasteiger charge is 2.48. The van der Waals surface area contributed by atoms with Crippen LogP contribution in [-0.2, 0) is 4.79 Å². The molecule has 0 aromatic carbocycles. The van der Waals surface area contributed by atoms with Crippen LogP contribution in [-0.4, -0.2) is 33.4 Å². The van der Waals surface area contributed by atoms with E-state index in [1.807, 2.05) is 36.4 Å². The molecule has 2 aromatic heterocycles. The zero-order chi connectivity index (χ0) is 15.1. The van der Waals surface area contributed by atoms with Crippen LogP contribution in [0.25, 0.3) is 0 Å². The molecule has 4 rings (SSSR count). The lowest BCUT2D eigenvalue weighted by atomic mass is 10.0. The van der Waals surface area contributed by atoms with Crippen LogP contribution < -0.4 is 0 Å².